The second kappa shape index (κ2) is 12.9. The van der Waals surface area contributed by atoms with Gasteiger partial charge in [-0.1, -0.05) is 0 Å². The second-order valence-corrected chi connectivity index (χ2v) is 58.2. The number of hydrogen-bond acceptors (Lipinski definition) is 0. The van der Waals surface area contributed by atoms with Gasteiger partial charge in [0.05, 0.1) is 0 Å². The van der Waals surface area contributed by atoms with Crippen LogP contribution < -0.4 is 0 Å². The van der Waals surface area contributed by atoms with Gasteiger partial charge in [-0.3, -0.25) is 0 Å². The van der Waals surface area contributed by atoms with Gasteiger partial charge in [-0.25, -0.2) is 0 Å². The Balaban J connectivity index is 1.31. The molecule has 0 fully saturated rings. The maximum atomic E-state index is 8.88. The summed E-state index contributed by atoms with van der Waals surface area (Å²) in [5.41, 5.74) is 16.6. The van der Waals surface area contributed by atoms with Crippen molar-refractivity contribution < 1.29 is 15.6 Å². The van der Waals surface area contributed by atoms with Gasteiger partial charge in [-0.2, -0.15) is 0 Å². The topological polar surface area (TPSA) is 0 Å². The summed E-state index contributed by atoms with van der Waals surface area (Å²) in [7, 11) is 17.8. The Labute approximate surface area is 322 Å². The zero-order chi connectivity index (χ0) is 36.7. The molecule has 0 saturated carbocycles. The predicted octanol–water partition coefficient (Wildman–Crippen LogP) is 14.7. The third-order valence-corrected chi connectivity index (χ3v) is 64.3. The van der Waals surface area contributed by atoms with Crippen molar-refractivity contribution >= 4 is 62.2 Å². The minimum atomic E-state index is -5.08. The van der Waals surface area contributed by atoms with Crippen LogP contribution >= 0.6 is 17.0 Å². The van der Waals surface area contributed by atoms with E-state index in [1.165, 1.54) is 93.9 Å². The fraction of sp³-hybridized carbons (Fsp3) is 0.143. The van der Waals surface area contributed by atoms with Gasteiger partial charge >= 0.3 is 325 Å². The van der Waals surface area contributed by atoms with Gasteiger partial charge in [0.1, 0.15) is 0 Å². The van der Waals surface area contributed by atoms with E-state index < -0.39 is 21.5 Å². The summed E-state index contributed by atoms with van der Waals surface area (Å²) in [6.07, 6.45) is 4.90. The summed E-state index contributed by atoms with van der Waals surface area (Å²) < 4.78 is -0.0543. The number of benzene rings is 7. The molecule has 0 heterocycles. The van der Waals surface area contributed by atoms with Crippen LogP contribution in [0.5, 0.6) is 0 Å². The van der Waals surface area contributed by atoms with Crippen LogP contribution in [0.3, 0.4) is 0 Å². The molecule has 4 heteroatoms. The monoisotopic (exact) mass is 819 g/mol. The van der Waals surface area contributed by atoms with Crippen molar-refractivity contribution in [3.63, 3.8) is 0 Å². The van der Waals surface area contributed by atoms with E-state index in [0.29, 0.717) is 0 Å². The van der Waals surface area contributed by atoms with Crippen molar-refractivity contribution in [2.24, 2.45) is 0 Å². The molecule has 261 valence electrons. The van der Waals surface area contributed by atoms with Crippen LogP contribution in [-0.2, 0) is 15.6 Å². The van der Waals surface area contributed by atoms with E-state index in [-0.39, 0.29) is 7.25 Å². The molecule has 0 N–H and O–H groups in total. The Bertz CT molecular complexity index is 2670. The summed E-state index contributed by atoms with van der Waals surface area (Å²) in [6.45, 7) is 11.6. The molecule has 7 aromatic rings. The standard InChI is InChI=1S/C26H19.C21H17.C2H7Si.2ClH.Zr/c1-18-12-14-19(15-13-18)22-16-21-8-5-11-25(26(21)17-22)24-10-4-7-20-6-2-3-9-23(20)24;1-14-12-20-15(2)10-11-19(21(20)13-14)18-9-5-7-16-6-3-4-8-17(16)18;1-3-2;;;/h2-17H,1H3;3-13H,1-2H3;3H,1-2H3;2*1H;/q;;;;;+2/p-2. The van der Waals surface area contributed by atoms with Gasteiger partial charge in [0.25, 0.3) is 0 Å². The molecular weight excluding hydrogens is 779 g/mol. The van der Waals surface area contributed by atoms with E-state index in [1.807, 2.05) is 0 Å². The number of halogens is 2. The fourth-order valence-corrected chi connectivity index (χ4v) is 41.3. The maximum absolute atomic E-state index is 8.88. The molecule has 0 amide bonds. The Morgan fingerprint density at radius 1 is 0.509 bits per heavy atom. The molecule has 0 aromatic heterocycles. The predicted molar refractivity (Wildman–Crippen MR) is 232 cm³/mol. The summed E-state index contributed by atoms with van der Waals surface area (Å²) in [5.74, 6) is -1.77. The van der Waals surface area contributed by atoms with Crippen molar-refractivity contribution in [1.82, 2.24) is 0 Å². The zero-order valence-corrected chi connectivity index (χ0v) is 36.0. The Morgan fingerprint density at radius 3 is 1.68 bits per heavy atom. The van der Waals surface area contributed by atoms with Crippen LogP contribution in [0.25, 0.3) is 61.5 Å². The van der Waals surface area contributed by atoms with Gasteiger partial charge in [0, 0.05) is 0 Å². The van der Waals surface area contributed by atoms with Gasteiger partial charge in [-0.15, -0.1) is 0 Å². The van der Waals surface area contributed by atoms with E-state index in [0.717, 1.165) is 0 Å². The van der Waals surface area contributed by atoms with Gasteiger partial charge < -0.3 is 0 Å². The molecular formula is C49H43Cl2SiZr. The number of fused-ring (bicyclic) bond motifs is 4. The third kappa shape index (κ3) is 5.31. The van der Waals surface area contributed by atoms with Crippen LogP contribution in [0, 0.1) is 13.8 Å². The molecule has 2 aliphatic rings. The minimum absolute atomic E-state index is 0.00220. The summed E-state index contributed by atoms with van der Waals surface area (Å²) >= 11 is -5.08. The molecule has 9 rings (SSSR count). The molecule has 53 heavy (non-hydrogen) atoms. The average molecular weight is 822 g/mol. The van der Waals surface area contributed by atoms with Crippen molar-refractivity contribution in [3.05, 3.63) is 184 Å². The van der Waals surface area contributed by atoms with E-state index in [1.54, 1.807) is 0 Å². The number of allylic oxidation sites excluding steroid dienone is 2. The first-order valence-electron chi connectivity index (χ1n) is 18.8. The zero-order valence-electron chi connectivity index (χ0n) is 30.9. The Morgan fingerprint density at radius 2 is 1.06 bits per heavy atom. The number of hydrogen-bond donors (Lipinski definition) is 0. The Kier molecular flexibility index (Phi) is 8.52. The molecule has 0 spiro atoms. The normalized spacial score (nSPS) is 17.4. The van der Waals surface area contributed by atoms with Crippen LogP contribution in [0.2, 0.25) is 13.1 Å². The van der Waals surface area contributed by atoms with Crippen LogP contribution in [-0.4, -0.2) is 5.92 Å². The average Bonchev–Trinajstić information content (AvgIpc) is 3.75. The molecule has 0 saturated heterocycles. The number of aryl methyl sites for hydroxylation is 2. The SMILES string of the molecule is CC1=Cc2c(-c3cccc4ccccc34)ccc(C)c2[CH]1[Zr]([Cl])([Cl])([CH]1C(c2ccc(C)cc2)=Cc2c(-c3cccc4ccccc34)cccc21)[SiH](C)C. The Hall–Kier alpha value is -3.78. The van der Waals surface area contributed by atoms with Crippen LogP contribution in [0.4, 0.5) is 0 Å². The van der Waals surface area contributed by atoms with E-state index in [2.05, 4.69) is 186 Å². The van der Waals surface area contributed by atoms with Gasteiger partial charge in [-0.05, 0) is 0 Å². The molecule has 2 atom stereocenters. The summed E-state index contributed by atoms with van der Waals surface area (Å²) in [5, 5.41) is 5.03. The fourth-order valence-electron chi connectivity index (χ4n) is 9.75. The van der Waals surface area contributed by atoms with Gasteiger partial charge in [0.15, 0.2) is 0 Å². The molecule has 0 nitrogen and oxygen atoms in total. The molecule has 2 unspecified atom stereocenters. The summed E-state index contributed by atoms with van der Waals surface area (Å²) in [6, 6.07) is 51.3. The quantitative estimate of drug-likeness (QED) is 0.147. The first-order chi connectivity index (χ1) is 25.6. The molecule has 0 radical (unpaired) electrons. The van der Waals surface area contributed by atoms with Crippen molar-refractivity contribution in [2.75, 3.05) is 0 Å². The second-order valence-electron chi connectivity index (χ2n) is 15.7. The third-order valence-electron chi connectivity index (χ3n) is 12.4. The first kappa shape index (κ1) is 35.0. The molecule has 7 aromatic carbocycles. The number of rotatable bonds is 6. The van der Waals surface area contributed by atoms with E-state index in [4.69, 9.17) is 17.0 Å². The van der Waals surface area contributed by atoms with Crippen LogP contribution in [0.1, 0.15) is 53.1 Å². The van der Waals surface area contributed by atoms with Crippen LogP contribution in [0.15, 0.2) is 145 Å². The van der Waals surface area contributed by atoms with Crippen molar-refractivity contribution in [1.29, 1.82) is 0 Å². The first-order valence-corrected chi connectivity index (χ1v) is 35.1. The van der Waals surface area contributed by atoms with E-state index in [9.17, 15) is 0 Å². The molecule has 0 bridgehead atoms. The van der Waals surface area contributed by atoms with Gasteiger partial charge in [0.2, 0.25) is 0 Å². The van der Waals surface area contributed by atoms with Crippen molar-refractivity contribution in [2.45, 2.75) is 41.1 Å². The molecule has 2 aliphatic carbocycles. The molecule has 0 aliphatic heterocycles. The van der Waals surface area contributed by atoms with Crippen molar-refractivity contribution in [3.8, 4) is 22.3 Å². The summed E-state index contributed by atoms with van der Waals surface area (Å²) in [4.78, 5) is 0. The van der Waals surface area contributed by atoms with E-state index >= 15 is 0 Å².